The van der Waals surface area contributed by atoms with E-state index in [9.17, 15) is 18.9 Å². The molecular formula is C16H15BrF2N2O3. The highest BCUT2D eigenvalue weighted by Crippen LogP contribution is 2.32. The van der Waals surface area contributed by atoms with Crippen LogP contribution < -0.4 is 10.1 Å². The van der Waals surface area contributed by atoms with Gasteiger partial charge >= 0.3 is 6.11 Å². The molecule has 0 aliphatic carbocycles. The number of hydrogen-bond acceptors (Lipinski definition) is 4. The first kappa shape index (κ1) is 18.1. The summed E-state index contributed by atoms with van der Waals surface area (Å²) in [6.45, 7) is 2.43. The second-order valence-electron chi connectivity index (χ2n) is 5.25. The zero-order valence-electron chi connectivity index (χ0n) is 13.0. The molecule has 2 aromatic rings. The van der Waals surface area contributed by atoms with Gasteiger partial charge in [0, 0.05) is 29.6 Å². The van der Waals surface area contributed by atoms with E-state index < -0.39 is 11.0 Å². The number of nitrogens with zero attached hydrogens (tertiary/aromatic N) is 1. The largest absolute Gasteiger partial charge is 0.432 e. The first-order valence-electron chi connectivity index (χ1n) is 7.00. The van der Waals surface area contributed by atoms with Crippen LogP contribution in [0.15, 0.2) is 40.9 Å². The highest BCUT2D eigenvalue weighted by Gasteiger charge is 2.25. The molecule has 0 saturated carbocycles. The van der Waals surface area contributed by atoms with E-state index in [4.69, 9.17) is 4.74 Å². The lowest BCUT2D eigenvalue weighted by Crippen LogP contribution is -2.21. The van der Waals surface area contributed by atoms with Crippen molar-refractivity contribution >= 4 is 27.3 Å². The maximum absolute atomic E-state index is 13.2. The van der Waals surface area contributed by atoms with Crippen LogP contribution in [0.1, 0.15) is 18.1 Å². The molecule has 0 aliphatic rings. The van der Waals surface area contributed by atoms with Gasteiger partial charge in [-0.1, -0.05) is 34.1 Å². The van der Waals surface area contributed by atoms with E-state index in [1.165, 1.54) is 6.07 Å². The maximum Gasteiger partial charge on any atom is 0.394 e. The minimum Gasteiger partial charge on any atom is -0.432 e. The first-order valence-corrected chi connectivity index (χ1v) is 7.80. The van der Waals surface area contributed by atoms with Crippen LogP contribution >= 0.6 is 15.9 Å². The molecule has 0 atom stereocenters. The number of nitro benzene ring substituents is 1. The average Bonchev–Trinajstić information content (AvgIpc) is 2.47. The fourth-order valence-corrected chi connectivity index (χ4v) is 2.52. The molecule has 0 aromatic heterocycles. The van der Waals surface area contributed by atoms with Gasteiger partial charge < -0.3 is 10.1 Å². The molecule has 128 valence electrons. The highest BCUT2D eigenvalue weighted by atomic mass is 79.9. The smallest absolute Gasteiger partial charge is 0.394 e. The molecule has 0 spiro atoms. The van der Waals surface area contributed by atoms with E-state index in [0.29, 0.717) is 28.2 Å². The third-order valence-electron chi connectivity index (χ3n) is 3.20. The molecule has 0 bridgehead atoms. The molecule has 0 unspecified atom stereocenters. The van der Waals surface area contributed by atoms with E-state index in [1.54, 1.807) is 37.3 Å². The number of hydrogen-bond donors (Lipinski definition) is 1. The van der Waals surface area contributed by atoms with Gasteiger partial charge in [-0.15, -0.1) is 0 Å². The summed E-state index contributed by atoms with van der Waals surface area (Å²) in [6.07, 6.45) is -3.32. The Hall–Kier alpha value is -2.22. The van der Waals surface area contributed by atoms with Crippen molar-refractivity contribution in [3.63, 3.8) is 0 Å². The van der Waals surface area contributed by atoms with Gasteiger partial charge in [0.25, 0.3) is 5.69 Å². The van der Waals surface area contributed by atoms with Crippen molar-refractivity contribution in [2.24, 2.45) is 0 Å². The Morgan fingerprint density at radius 1 is 1.33 bits per heavy atom. The summed E-state index contributed by atoms with van der Waals surface area (Å²) >= 11 is 3.18. The number of anilines is 1. The Morgan fingerprint density at radius 2 is 2.04 bits per heavy atom. The zero-order chi connectivity index (χ0) is 17.9. The standard InChI is InChI=1S/C16H15BrF2N2O3/c1-10-4-3-5-11(15(10)24-16(2,18)19)9-20-13-7-6-12(17)8-14(13)21(22)23/h3-8,20H,9H2,1-2H3. The van der Waals surface area contributed by atoms with E-state index >= 15 is 0 Å². The summed E-state index contributed by atoms with van der Waals surface area (Å²) in [6, 6.07) is 9.58. The third kappa shape index (κ3) is 4.64. The number of rotatable bonds is 6. The number of nitrogens with one attached hydrogen (secondary N) is 1. The Bertz CT molecular complexity index is 763. The maximum atomic E-state index is 13.2. The second kappa shape index (κ2) is 7.12. The van der Waals surface area contributed by atoms with Crippen molar-refractivity contribution in [1.29, 1.82) is 0 Å². The molecule has 1 N–H and O–H groups in total. The molecule has 8 heteroatoms. The Balaban J connectivity index is 2.27. The van der Waals surface area contributed by atoms with Crippen molar-refractivity contribution < 1.29 is 18.4 Å². The molecule has 0 heterocycles. The Morgan fingerprint density at radius 3 is 2.67 bits per heavy atom. The molecule has 2 aromatic carbocycles. The lowest BCUT2D eigenvalue weighted by molar-refractivity contribution is -0.384. The fraction of sp³-hybridized carbons (Fsp3) is 0.250. The van der Waals surface area contributed by atoms with Crippen LogP contribution in [-0.4, -0.2) is 11.0 Å². The average molecular weight is 401 g/mol. The minimum atomic E-state index is -3.32. The predicted octanol–water partition coefficient (Wildman–Crippen LogP) is 5.27. The quantitative estimate of drug-likeness (QED) is 0.529. The van der Waals surface area contributed by atoms with Gasteiger partial charge in [-0.3, -0.25) is 10.1 Å². The number of ether oxygens (including phenoxy) is 1. The van der Waals surface area contributed by atoms with E-state index in [1.807, 2.05) is 0 Å². The summed E-state index contributed by atoms with van der Waals surface area (Å²) in [4.78, 5) is 10.6. The van der Waals surface area contributed by atoms with Crippen molar-refractivity contribution in [3.05, 3.63) is 62.1 Å². The predicted molar refractivity (Wildman–Crippen MR) is 90.6 cm³/mol. The Kier molecular flexibility index (Phi) is 5.38. The summed E-state index contributed by atoms with van der Waals surface area (Å²) in [5.41, 5.74) is 1.22. The number of nitro groups is 1. The molecule has 5 nitrogen and oxygen atoms in total. The molecule has 0 aliphatic heterocycles. The topological polar surface area (TPSA) is 64.4 Å². The first-order chi connectivity index (χ1) is 11.2. The van der Waals surface area contributed by atoms with E-state index in [0.717, 1.165) is 0 Å². The SMILES string of the molecule is Cc1cccc(CNc2ccc(Br)cc2[N+](=O)[O-])c1OC(C)(F)F. The number of halogens is 3. The number of alkyl halides is 2. The van der Waals surface area contributed by atoms with Gasteiger partial charge in [-0.25, -0.2) is 0 Å². The van der Waals surface area contributed by atoms with Crippen LogP contribution in [0.2, 0.25) is 0 Å². The molecule has 0 amide bonds. The monoisotopic (exact) mass is 400 g/mol. The van der Waals surface area contributed by atoms with Gasteiger partial charge in [0.15, 0.2) is 0 Å². The number of para-hydroxylation sites is 1. The summed E-state index contributed by atoms with van der Waals surface area (Å²) in [5.74, 6) is 0.0669. The summed E-state index contributed by atoms with van der Waals surface area (Å²) in [5, 5.41) is 14.0. The van der Waals surface area contributed by atoms with Gasteiger partial charge in [-0.05, 0) is 24.6 Å². The number of aryl methyl sites for hydroxylation is 1. The lowest BCUT2D eigenvalue weighted by atomic mass is 10.1. The third-order valence-corrected chi connectivity index (χ3v) is 3.69. The van der Waals surface area contributed by atoms with Crippen molar-refractivity contribution in [1.82, 2.24) is 0 Å². The molecule has 24 heavy (non-hydrogen) atoms. The zero-order valence-corrected chi connectivity index (χ0v) is 14.6. The highest BCUT2D eigenvalue weighted by molar-refractivity contribution is 9.10. The van der Waals surface area contributed by atoms with E-state index in [2.05, 4.69) is 21.2 Å². The van der Waals surface area contributed by atoms with Crippen molar-refractivity contribution in [2.75, 3.05) is 5.32 Å². The normalized spacial score (nSPS) is 11.2. The lowest BCUT2D eigenvalue weighted by Gasteiger charge is -2.19. The van der Waals surface area contributed by atoms with Gasteiger partial charge in [0.1, 0.15) is 11.4 Å². The number of benzene rings is 2. The van der Waals surface area contributed by atoms with Gasteiger partial charge in [0.05, 0.1) is 4.92 Å². The molecule has 0 radical (unpaired) electrons. The molecule has 0 saturated heterocycles. The molecular weight excluding hydrogens is 386 g/mol. The van der Waals surface area contributed by atoms with Crippen LogP contribution in [0.25, 0.3) is 0 Å². The van der Waals surface area contributed by atoms with Gasteiger partial charge in [-0.2, -0.15) is 8.78 Å². The summed E-state index contributed by atoms with van der Waals surface area (Å²) < 4.78 is 31.7. The van der Waals surface area contributed by atoms with Crippen LogP contribution in [0, 0.1) is 17.0 Å². The summed E-state index contributed by atoms with van der Waals surface area (Å²) in [7, 11) is 0. The minimum absolute atomic E-state index is 0.0669. The van der Waals surface area contributed by atoms with Gasteiger partial charge in [0.2, 0.25) is 0 Å². The van der Waals surface area contributed by atoms with Crippen LogP contribution in [-0.2, 0) is 6.54 Å². The van der Waals surface area contributed by atoms with Crippen LogP contribution in [0.3, 0.4) is 0 Å². The van der Waals surface area contributed by atoms with Crippen molar-refractivity contribution in [3.8, 4) is 5.75 Å². The van der Waals surface area contributed by atoms with Crippen LogP contribution in [0.5, 0.6) is 5.75 Å². The van der Waals surface area contributed by atoms with Crippen molar-refractivity contribution in [2.45, 2.75) is 26.5 Å². The fourth-order valence-electron chi connectivity index (χ4n) is 2.17. The van der Waals surface area contributed by atoms with E-state index in [-0.39, 0.29) is 18.0 Å². The Labute approximate surface area is 145 Å². The molecule has 2 rings (SSSR count). The molecule has 0 fully saturated rings. The second-order valence-corrected chi connectivity index (χ2v) is 6.16. The van der Waals surface area contributed by atoms with Crippen LogP contribution in [0.4, 0.5) is 20.2 Å².